The van der Waals surface area contributed by atoms with E-state index >= 15 is 0 Å². The number of hydrogen-bond acceptors (Lipinski definition) is 3. The van der Waals surface area contributed by atoms with Crippen LogP contribution >= 0.6 is 11.3 Å². The zero-order chi connectivity index (χ0) is 8.27. The second kappa shape index (κ2) is 3.12. The molecule has 0 amide bonds. The first-order chi connectivity index (χ1) is 5.24. The molecule has 0 unspecified atom stereocenters. The lowest BCUT2D eigenvalue weighted by atomic mass is 10.5. The average molecular weight is 168 g/mol. The topological polar surface area (TPSA) is 47.5 Å². The zero-order valence-corrected chi connectivity index (χ0v) is 6.30. The van der Waals surface area contributed by atoms with Crippen molar-refractivity contribution < 1.29 is 4.92 Å². The van der Waals surface area contributed by atoms with E-state index in [0.717, 1.165) is 16.2 Å². The van der Waals surface area contributed by atoms with Crippen molar-refractivity contribution in [3.05, 3.63) is 38.5 Å². The highest BCUT2D eigenvalue weighted by atomic mass is 32.1. The molecular weight excluding hydrogens is 164 g/mol. The van der Waals surface area contributed by atoms with E-state index in [0.29, 0.717) is 0 Å². The Hall–Kier alpha value is -1.41. The van der Waals surface area contributed by atoms with Gasteiger partial charge in [-0.15, -0.1) is 0 Å². The van der Waals surface area contributed by atoms with Crippen molar-refractivity contribution in [2.24, 2.45) is 0 Å². The van der Waals surface area contributed by atoms with Gasteiger partial charge in [0.15, 0.2) is 0 Å². The molecule has 0 N–H and O–H groups in total. The molecule has 11 heavy (non-hydrogen) atoms. The first-order valence-electron chi connectivity index (χ1n) is 2.80. The maximum atomic E-state index is 10.2. The molecule has 1 heterocycles. The molecule has 1 rings (SSSR count). The smallest absolute Gasteiger partial charge is 0.311 e. The molecule has 0 aliphatic carbocycles. The van der Waals surface area contributed by atoms with Crippen LogP contribution < -0.4 is 0 Å². The van der Waals surface area contributed by atoms with Crippen LogP contribution in [-0.2, 0) is 6.54 Å². The van der Waals surface area contributed by atoms with E-state index in [1.165, 1.54) is 6.07 Å². The van der Waals surface area contributed by atoms with Crippen molar-refractivity contribution in [2.75, 3.05) is 0 Å². The molecule has 1 aromatic rings. The molecule has 1 aromatic heterocycles. The van der Waals surface area contributed by atoms with Gasteiger partial charge < -0.3 is 4.85 Å². The summed E-state index contributed by atoms with van der Waals surface area (Å²) in [5, 5.41) is 10.3. The Balaban J connectivity index is 2.83. The number of hydrogen-bond donors (Lipinski definition) is 0. The monoisotopic (exact) mass is 168 g/mol. The lowest BCUT2D eigenvalue weighted by Crippen LogP contribution is -1.80. The van der Waals surface area contributed by atoms with Gasteiger partial charge in [0.1, 0.15) is 0 Å². The minimum Gasteiger partial charge on any atom is -0.311 e. The van der Waals surface area contributed by atoms with Crippen molar-refractivity contribution in [1.82, 2.24) is 0 Å². The number of rotatable bonds is 2. The normalized spacial score (nSPS) is 9.00. The van der Waals surface area contributed by atoms with Crippen LogP contribution in [0.25, 0.3) is 4.85 Å². The first-order valence-corrected chi connectivity index (χ1v) is 3.62. The number of thiophene rings is 1. The minimum absolute atomic E-state index is 0.101. The van der Waals surface area contributed by atoms with Gasteiger partial charge in [-0.3, -0.25) is 10.1 Å². The fraction of sp³-hybridized carbons (Fsp3) is 0.167. The third-order valence-corrected chi connectivity index (χ3v) is 2.08. The molecule has 0 saturated carbocycles. The van der Waals surface area contributed by atoms with Crippen LogP contribution in [0.4, 0.5) is 5.00 Å². The molecule has 0 radical (unpaired) electrons. The van der Waals surface area contributed by atoms with Crippen LogP contribution in [0.15, 0.2) is 12.1 Å². The Morgan fingerprint density at radius 3 is 2.91 bits per heavy atom. The second-order valence-corrected chi connectivity index (χ2v) is 2.96. The van der Waals surface area contributed by atoms with Crippen molar-refractivity contribution in [2.45, 2.75) is 6.54 Å². The maximum absolute atomic E-state index is 10.2. The summed E-state index contributed by atoms with van der Waals surface area (Å²) in [6.45, 7) is 6.75. The van der Waals surface area contributed by atoms with Crippen LogP contribution in [0.2, 0.25) is 0 Å². The van der Waals surface area contributed by atoms with E-state index in [4.69, 9.17) is 6.57 Å². The standard InChI is InChI=1S/C6H4N2O2S/c1-7-4-5-2-3-6(11-5)8(9)10/h2-3H,4H2. The van der Waals surface area contributed by atoms with Gasteiger partial charge >= 0.3 is 5.00 Å². The van der Waals surface area contributed by atoms with E-state index in [2.05, 4.69) is 4.85 Å². The predicted molar refractivity (Wildman–Crippen MR) is 41.3 cm³/mol. The number of nitro groups is 1. The maximum Gasteiger partial charge on any atom is 0.324 e. The highest BCUT2D eigenvalue weighted by Crippen LogP contribution is 2.24. The molecule has 5 heteroatoms. The van der Waals surface area contributed by atoms with Gasteiger partial charge in [0, 0.05) is 6.07 Å². The summed E-state index contributed by atoms with van der Waals surface area (Å²) in [4.78, 5) is 13.6. The summed E-state index contributed by atoms with van der Waals surface area (Å²) >= 11 is 1.05. The zero-order valence-electron chi connectivity index (χ0n) is 5.48. The Bertz CT molecular complexity index is 313. The van der Waals surface area contributed by atoms with E-state index in [1.54, 1.807) is 6.07 Å². The molecule has 0 saturated heterocycles. The minimum atomic E-state index is -0.446. The summed E-state index contributed by atoms with van der Waals surface area (Å²) in [5.41, 5.74) is 0. The van der Waals surface area contributed by atoms with Gasteiger partial charge in [-0.05, 0) is 6.07 Å². The molecule has 0 atom stereocenters. The molecule has 4 nitrogen and oxygen atoms in total. The van der Waals surface area contributed by atoms with E-state index in [-0.39, 0.29) is 11.5 Å². The van der Waals surface area contributed by atoms with Gasteiger partial charge in [-0.25, -0.2) is 6.57 Å². The summed E-state index contributed by atoms with van der Waals surface area (Å²) in [5.74, 6) is 0. The molecule has 0 aliphatic rings. The van der Waals surface area contributed by atoms with Crippen LogP contribution in [0, 0.1) is 16.7 Å². The van der Waals surface area contributed by atoms with Crippen molar-refractivity contribution in [3.63, 3.8) is 0 Å². The molecule has 0 fully saturated rings. The third kappa shape index (κ3) is 1.75. The average Bonchev–Trinajstić information content (AvgIpc) is 2.37. The molecule has 0 bridgehead atoms. The molecular formula is C6H4N2O2S. The fourth-order valence-electron chi connectivity index (χ4n) is 0.628. The highest BCUT2D eigenvalue weighted by Gasteiger charge is 2.09. The van der Waals surface area contributed by atoms with Crippen LogP contribution in [0.3, 0.4) is 0 Å². The fourth-order valence-corrected chi connectivity index (χ4v) is 1.37. The Morgan fingerprint density at radius 2 is 2.45 bits per heavy atom. The first kappa shape index (κ1) is 7.69. The van der Waals surface area contributed by atoms with Crippen molar-refractivity contribution in [3.8, 4) is 0 Å². The second-order valence-electron chi connectivity index (χ2n) is 1.81. The quantitative estimate of drug-likeness (QED) is 0.385. The Morgan fingerprint density at radius 1 is 1.73 bits per heavy atom. The Labute approximate surface area is 67.1 Å². The summed E-state index contributed by atoms with van der Waals surface area (Å²) in [6.07, 6.45) is 0. The van der Waals surface area contributed by atoms with E-state index < -0.39 is 4.92 Å². The predicted octanol–water partition coefficient (Wildman–Crippen LogP) is 2.08. The molecule has 56 valence electrons. The summed E-state index contributed by atoms with van der Waals surface area (Å²) < 4.78 is 0. The summed E-state index contributed by atoms with van der Waals surface area (Å²) in [7, 11) is 0. The molecule has 0 aliphatic heterocycles. The van der Waals surface area contributed by atoms with Crippen LogP contribution in [0.5, 0.6) is 0 Å². The van der Waals surface area contributed by atoms with Crippen LogP contribution in [0.1, 0.15) is 4.88 Å². The van der Waals surface area contributed by atoms with Crippen molar-refractivity contribution in [1.29, 1.82) is 0 Å². The van der Waals surface area contributed by atoms with Gasteiger partial charge in [0.05, 0.1) is 9.80 Å². The lowest BCUT2D eigenvalue weighted by Gasteiger charge is -1.79. The third-order valence-electron chi connectivity index (χ3n) is 1.06. The van der Waals surface area contributed by atoms with Gasteiger partial charge in [0.25, 0.3) is 0 Å². The number of nitrogens with zero attached hydrogens (tertiary/aromatic N) is 2. The lowest BCUT2D eigenvalue weighted by molar-refractivity contribution is -0.380. The molecule has 0 aromatic carbocycles. The SMILES string of the molecule is [C-]#[N+]Cc1ccc([N+](=O)[O-])s1. The highest BCUT2D eigenvalue weighted by molar-refractivity contribution is 7.15. The van der Waals surface area contributed by atoms with E-state index in [9.17, 15) is 10.1 Å². The van der Waals surface area contributed by atoms with Gasteiger partial charge in [-0.1, -0.05) is 11.3 Å². The molecule has 0 spiro atoms. The van der Waals surface area contributed by atoms with Crippen LogP contribution in [-0.4, -0.2) is 4.92 Å². The summed E-state index contributed by atoms with van der Waals surface area (Å²) in [6, 6.07) is 3.03. The van der Waals surface area contributed by atoms with E-state index in [1.807, 2.05) is 0 Å². The van der Waals surface area contributed by atoms with Gasteiger partial charge in [0.2, 0.25) is 6.54 Å². The van der Waals surface area contributed by atoms with Crippen molar-refractivity contribution >= 4 is 16.3 Å². The largest absolute Gasteiger partial charge is 0.324 e. The Kier molecular flexibility index (Phi) is 2.18. The van der Waals surface area contributed by atoms with Gasteiger partial charge in [-0.2, -0.15) is 0 Å².